The number of hydrogen-bond donors (Lipinski definition) is 1. The van der Waals surface area contributed by atoms with Crippen LogP contribution in [0.4, 0.5) is 0 Å². The Hall–Kier alpha value is -1.60. The van der Waals surface area contributed by atoms with Crippen LogP contribution in [-0.4, -0.2) is 21.9 Å². The first-order chi connectivity index (χ1) is 9.92. The Bertz CT molecular complexity index is 685. The lowest BCUT2D eigenvalue weighted by molar-refractivity contribution is 0.292. The molecule has 2 N–H and O–H groups in total. The summed E-state index contributed by atoms with van der Waals surface area (Å²) in [4.78, 5) is 0.302. The molecule has 0 amide bonds. The molecule has 0 saturated heterocycles. The maximum atomic E-state index is 5.81. The van der Waals surface area contributed by atoms with Gasteiger partial charge in [0.1, 0.15) is 23.1 Å². The van der Waals surface area contributed by atoms with Crippen LogP contribution in [-0.2, 0) is 13.7 Å². The smallest absolute Gasteiger partial charge is 0.131 e. The molecule has 1 aromatic carbocycles. The third-order valence-electron chi connectivity index (χ3n) is 3.04. The first-order valence-electron chi connectivity index (χ1n) is 6.22. The summed E-state index contributed by atoms with van der Waals surface area (Å²) in [6.45, 7) is 2.31. The van der Waals surface area contributed by atoms with Crippen molar-refractivity contribution >= 4 is 33.1 Å². The predicted molar refractivity (Wildman–Crippen MR) is 88.9 cm³/mol. The molecule has 1 aromatic heterocycles. The number of halogens is 1. The van der Waals surface area contributed by atoms with E-state index in [4.69, 9.17) is 27.4 Å². The minimum absolute atomic E-state index is 0.302. The summed E-state index contributed by atoms with van der Waals surface area (Å²) in [7, 11) is 3.46. The Kier molecular flexibility index (Phi) is 4.84. The monoisotopic (exact) mass is 369 g/mol. The first-order valence-corrected chi connectivity index (χ1v) is 7.42. The summed E-state index contributed by atoms with van der Waals surface area (Å²) in [6.07, 6.45) is 0. The van der Waals surface area contributed by atoms with Crippen molar-refractivity contribution in [1.29, 1.82) is 0 Å². The highest BCUT2D eigenvalue weighted by atomic mass is 79.9. The number of aromatic nitrogens is 2. The van der Waals surface area contributed by atoms with E-state index >= 15 is 0 Å². The number of aryl methyl sites for hydroxylation is 2. The molecule has 0 aliphatic carbocycles. The van der Waals surface area contributed by atoms with Crippen molar-refractivity contribution in [2.75, 3.05) is 7.11 Å². The Morgan fingerprint density at radius 2 is 2.05 bits per heavy atom. The summed E-state index contributed by atoms with van der Waals surface area (Å²) in [5, 5.41) is 4.33. The molecule has 1 heterocycles. The molecule has 2 rings (SSSR count). The first kappa shape index (κ1) is 15.8. The van der Waals surface area contributed by atoms with E-state index in [1.807, 2.05) is 14.0 Å². The van der Waals surface area contributed by atoms with Crippen LogP contribution in [0.3, 0.4) is 0 Å². The molecule has 0 aliphatic heterocycles. The van der Waals surface area contributed by atoms with E-state index in [2.05, 4.69) is 21.0 Å². The molecule has 2 aromatic rings. The predicted octanol–water partition coefficient (Wildman–Crippen LogP) is 2.71. The average molecular weight is 370 g/mol. The number of nitrogens with two attached hydrogens (primary N) is 1. The lowest BCUT2D eigenvalue weighted by Crippen LogP contribution is -2.10. The van der Waals surface area contributed by atoms with E-state index in [1.54, 1.807) is 30.0 Å². The van der Waals surface area contributed by atoms with E-state index in [1.165, 1.54) is 0 Å². The number of methoxy groups -OCH3 is 1. The summed E-state index contributed by atoms with van der Waals surface area (Å²) >= 11 is 8.51. The molecule has 0 saturated carbocycles. The minimum Gasteiger partial charge on any atom is -0.497 e. The molecular weight excluding hydrogens is 354 g/mol. The zero-order valence-corrected chi connectivity index (χ0v) is 14.4. The summed E-state index contributed by atoms with van der Waals surface area (Å²) in [5.41, 5.74) is 8.24. The van der Waals surface area contributed by atoms with E-state index in [-0.39, 0.29) is 0 Å². The van der Waals surface area contributed by atoms with Gasteiger partial charge in [-0.15, -0.1) is 0 Å². The highest BCUT2D eigenvalue weighted by Crippen LogP contribution is 2.26. The van der Waals surface area contributed by atoms with Gasteiger partial charge in [-0.05, 0) is 35.0 Å². The molecule has 0 aliphatic rings. The van der Waals surface area contributed by atoms with Crippen LogP contribution in [0.15, 0.2) is 22.7 Å². The van der Waals surface area contributed by atoms with E-state index in [9.17, 15) is 0 Å². The van der Waals surface area contributed by atoms with E-state index in [0.717, 1.165) is 15.9 Å². The Morgan fingerprint density at radius 1 is 1.38 bits per heavy atom. The van der Waals surface area contributed by atoms with Crippen LogP contribution in [0, 0.1) is 6.92 Å². The van der Waals surface area contributed by atoms with Crippen LogP contribution in [0.2, 0.25) is 0 Å². The molecule has 0 fully saturated rings. The zero-order valence-electron chi connectivity index (χ0n) is 12.0. The van der Waals surface area contributed by atoms with Gasteiger partial charge in [0.15, 0.2) is 0 Å². The molecule has 0 bridgehead atoms. The largest absolute Gasteiger partial charge is 0.497 e. The van der Waals surface area contributed by atoms with Crippen LogP contribution >= 0.6 is 28.1 Å². The van der Waals surface area contributed by atoms with Crippen LogP contribution in [0.1, 0.15) is 17.0 Å². The highest BCUT2D eigenvalue weighted by Gasteiger charge is 2.12. The average Bonchev–Trinajstić information content (AvgIpc) is 2.69. The standard InChI is InChI=1S/C14H16BrN3O2S/c1-8-13(15)12(18(2)17-8)7-20-11-5-9(14(16)21)4-10(6-11)19-3/h4-6H,7H2,1-3H3,(H2,16,21). The van der Waals surface area contributed by atoms with Gasteiger partial charge in [-0.2, -0.15) is 5.10 Å². The molecule has 0 atom stereocenters. The molecule has 7 heteroatoms. The van der Waals surface area contributed by atoms with Crippen molar-refractivity contribution in [3.8, 4) is 11.5 Å². The normalized spacial score (nSPS) is 10.5. The van der Waals surface area contributed by atoms with Crippen molar-refractivity contribution in [1.82, 2.24) is 9.78 Å². The molecular formula is C14H16BrN3O2S. The molecule has 0 radical (unpaired) electrons. The second-order valence-corrected chi connectivity index (χ2v) is 5.75. The molecule has 112 valence electrons. The molecule has 0 spiro atoms. The fourth-order valence-corrected chi connectivity index (χ4v) is 2.47. The van der Waals surface area contributed by atoms with Crippen LogP contribution in [0.5, 0.6) is 11.5 Å². The van der Waals surface area contributed by atoms with Gasteiger partial charge in [-0.3, -0.25) is 4.68 Å². The quantitative estimate of drug-likeness (QED) is 0.820. The summed E-state index contributed by atoms with van der Waals surface area (Å²) < 4.78 is 13.8. The number of rotatable bonds is 5. The maximum Gasteiger partial charge on any atom is 0.131 e. The van der Waals surface area contributed by atoms with Crippen molar-refractivity contribution in [3.63, 3.8) is 0 Å². The van der Waals surface area contributed by atoms with E-state index < -0.39 is 0 Å². The minimum atomic E-state index is 0.302. The summed E-state index contributed by atoms with van der Waals surface area (Å²) in [5.74, 6) is 1.29. The lowest BCUT2D eigenvalue weighted by Gasteiger charge is -2.11. The summed E-state index contributed by atoms with van der Waals surface area (Å²) in [6, 6.07) is 5.36. The Morgan fingerprint density at radius 3 is 2.57 bits per heavy atom. The van der Waals surface area contributed by atoms with Crippen molar-refractivity contribution < 1.29 is 9.47 Å². The van der Waals surface area contributed by atoms with Crippen molar-refractivity contribution in [3.05, 3.63) is 39.6 Å². The third kappa shape index (κ3) is 3.54. The fourth-order valence-electron chi connectivity index (χ4n) is 1.90. The van der Waals surface area contributed by atoms with Gasteiger partial charge in [0.05, 0.1) is 23.0 Å². The molecule has 5 nitrogen and oxygen atoms in total. The van der Waals surface area contributed by atoms with Gasteiger partial charge >= 0.3 is 0 Å². The SMILES string of the molecule is COc1cc(OCc2c(Br)c(C)nn2C)cc(C(N)=S)c1. The fraction of sp³-hybridized carbons (Fsp3) is 0.286. The highest BCUT2D eigenvalue weighted by molar-refractivity contribution is 9.10. The van der Waals surface area contributed by atoms with Crippen LogP contribution < -0.4 is 15.2 Å². The molecule has 21 heavy (non-hydrogen) atoms. The topological polar surface area (TPSA) is 62.3 Å². The Balaban J connectivity index is 2.23. The van der Waals surface area contributed by atoms with E-state index in [0.29, 0.717) is 28.7 Å². The second-order valence-electron chi connectivity index (χ2n) is 4.52. The third-order valence-corrected chi connectivity index (χ3v) is 4.30. The van der Waals surface area contributed by atoms with Gasteiger partial charge in [0, 0.05) is 18.7 Å². The number of nitrogens with zero attached hydrogens (tertiary/aromatic N) is 2. The van der Waals surface area contributed by atoms with Gasteiger partial charge < -0.3 is 15.2 Å². The van der Waals surface area contributed by atoms with Gasteiger partial charge in [0.2, 0.25) is 0 Å². The maximum absolute atomic E-state index is 5.81. The molecule has 0 unspecified atom stereocenters. The zero-order chi connectivity index (χ0) is 15.6. The van der Waals surface area contributed by atoms with Gasteiger partial charge in [-0.1, -0.05) is 12.2 Å². The lowest BCUT2D eigenvalue weighted by atomic mass is 10.2. The van der Waals surface area contributed by atoms with Crippen LogP contribution in [0.25, 0.3) is 0 Å². The van der Waals surface area contributed by atoms with Gasteiger partial charge in [-0.25, -0.2) is 0 Å². The van der Waals surface area contributed by atoms with Crippen molar-refractivity contribution in [2.45, 2.75) is 13.5 Å². The van der Waals surface area contributed by atoms with Crippen molar-refractivity contribution in [2.24, 2.45) is 12.8 Å². The van der Waals surface area contributed by atoms with Gasteiger partial charge in [0.25, 0.3) is 0 Å². The second kappa shape index (κ2) is 6.44. The number of ether oxygens (including phenoxy) is 2. The number of benzene rings is 1. The number of hydrogen-bond acceptors (Lipinski definition) is 4. The number of thiocarbonyl (C=S) groups is 1. The Labute approximate surface area is 137 Å².